The van der Waals surface area contributed by atoms with Crippen molar-refractivity contribution in [3.05, 3.63) is 10.5 Å². The van der Waals surface area contributed by atoms with E-state index in [0.717, 1.165) is 0 Å². The average molecular weight is 234 g/mol. The molecule has 4 nitrogen and oxygen atoms in total. The van der Waals surface area contributed by atoms with E-state index in [9.17, 15) is 4.79 Å². The van der Waals surface area contributed by atoms with E-state index in [1.165, 1.54) is 16.2 Å². The van der Waals surface area contributed by atoms with Crippen molar-refractivity contribution < 1.29 is 4.79 Å². The highest BCUT2D eigenvalue weighted by Gasteiger charge is 2.15. The van der Waals surface area contributed by atoms with Crippen molar-refractivity contribution in [3.63, 3.8) is 0 Å². The summed E-state index contributed by atoms with van der Waals surface area (Å²) < 4.78 is 0.608. The first-order chi connectivity index (χ1) is 6.50. The fraction of sp³-hybridized carbons (Fsp3) is 0.500. The standard InChI is InChI=1S/C8H12ClN3OS/c1-5(7(13)12(2)3)11-8-10-4-6(9)14-8/h4-5H,1-3H3,(H,10,11)/t5-/m0/s1. The Kier molecular flexibility index (Phi) is 3.71. The molecule has 1 rings (SSSR count). The van der Waals surface area contributed by atoms with Gasteiger partial charge in [0.25, 0.3) is 0 Å². The molecule has 0 unspecified atom stereocenters. The molecule has 0 radical (unpaired) electrons. The number of thiazole rings is 1. The summed E-state index contributed by atoms with van der Waals surface area (Å²) in [6.45, 7) is 1.79. The summed E-state index contributed by atoms with van der Waals surface area (Å²) in [5, 5.41) is 3.64. The minimum Gasteiger partial charge on any atom is -0.350 e. The SMILES string of the molecule is C[C@H](Nc1ncc(Cl)s1)C(=O)N(C)C. The average Bonchev–Trinajstić information content (AvgIpc) is 2.49. The Balaban J connectivity index is 2.57. The summed E-state index contributed by atoms with van der Waals surface area (Å²) in [5.74, 6) is 0.0105. The van der Waals surface area contributed by atoms with E-state index in [1.54, 1.807) is 27.2 Å². The van der Waals surface area contributed by atoms with Crippen LogP contribution in [0, 0.1) is 0 Å². The molecular formula is C8H12ClN3OS. The maximum absolute atomic E-state index is 11.5. The van der Waals surface area contributed by atoms with Crippen molar-refractivity contribution in [2.24, 2.45) is 0 Å². The van der Waals surface area contributed by atoms with Crippen LogP contribution in [-0.4, -0.2) is 35.9 Å². The zero-order valence-electron chi connectivity index (χ0n) is 8.24. The Bertz CT molecular complexity index is 326. The van der Waals surface area contributed by atoms with Gasteiger partial charge in [-0.15, -0.1) is 0 Å². The Morgan fingerprint density at radius 3 is 2.79 bits per heavy atom. The molecule has 14 heavy (non-hydrogen) atoms. The van der Waals surface area contributed by atoms with E-state index in [-0.39, 0.29) is 11.9 Å². The van der Waals surface area contributed by atoms with E-state index in [4.69, 9.17) is 11.6 Å². The predicted molar refractivity (Wildman–Crippen MR) is 58.9 cm³/mol. The summed E-state index contributed by atoms with van der Waals surface area (Å²) in [5.41, 5.74) is 0. The largest absolute Gasteiger partial charge is 0.350 e. The first kappa shape index (κ1) is 11.3. The Morgan fingerprint density at radius 2 is 2.36 bits per heavy atom. The first-order valence-corrected chi connectivity index (χ1v) is 5.29. The first-order valence-electron chi connectivity index (χ1n) is 4.09. The number of hydrogen-bond donors (Lipinski definition) is 1. The van der Waals surface area contributed by atoms with Crippen LogP contribution in [-0.2, 0) is 4.79 Å². The van der Waals surface area contributed by atoms with Crippen LogP contribution < -0.4 is 5.32 Å². The zero-order valence-corrected chi connectivity index (χ0v) is 9.82. The van der Waals surface area contributed by atoms with E-state index in [1.807, 2.05) is 0 Å². The minimum absolute atomic E-state index is 0.0105. The molecule has 0 bridgehead atoms. The van der Waals surface area contributed by atoms with E-state index >= 15 is 0 Å². The molecule has 1 aromatic rings. The Hall–Kier alpha value is -0.810. The van der Waals surface area contributed by atoms with Gasteiger partial charge in [-0.2, -0.15) is 0 Å². The van der Waals surface area contributed by atoms with E-state index < -0.39 is 0 Å². The smallest absolute Gasteiger partial charge is 0.244 e. The number of carbonyl (C=O) groups is 1. The second-order valence-electron chi connectivity index (χ2n) is 3.07. The van der Waals surface area contributed by atoms with E-state index in [2.05, 4.69) is 10.3 Å². The summed E-state index contributed by atoms with van der Waals surface area (Å²) in [6.07, 6.45) is 1.56. The van der Waals surface area contributed by atoms with Gasteiger partial charge in [0.1, 0.15) is 10.4 Å². The zero-order chi connectivity index (χ0) is 10.7. The van der Waals surface area contributed by atoms with Crippen LogP contribution in [0.3, 0.4) is 0 Å². The molecule has 0 fully saturated rings. The second-order valence-corrected chi connectivity index (χ2v) is 4.73. The molecule has 1 N–H and O–H groups in total. The molecule has 0 aliphatic rings. The highest BCUT2D eigenvalue weighted by molar-refractivity contribution is 7.19. The molecule has 1 amide bonds. The van der Waals surface area contributed by atoms with Crippen LogP contribution in [0.5, 0.6) is 0 Å². The lowest BCUT2D eigenvalue weighted by Gasteiger charge is -2.17. The summed E-state index contributed by atoms with van der Waals surface area (Å²) >= 11 is 7.02. The quantitative estimate of drug-likeness (QED) is 0.864. The third-order valence-corrected chi connectivity index (χ3v) is 2.67. The number of nitrogens with zero attached hydrogens (tertiary/aromatic N) is 2. The van der Waals surface area contributed by atoms with Crippen LogP contribution in [0.1, 0.15) is 6.92 Å². The molecule has 0 aliphatic heterocycles. The van der Waals surface area contributed by atoms with Gasteiger partial charge in [0.05, 0.1) is 6.20 Å². The van der Waals surface area contributed by atoms with Gasteiger partial charge >= 0.3 is 0 Å². The molecule has 78 valence electrons. The molecule has 0 aromatic carbocycles. The van der Waals surface area contributed by atoms with E-state index in [0.29, 0.717) is 9.47 Å². The number of halogens is 1. The van der Waals surface area contributed by atoms with Crippen LogP contribution in [0.4, 0.5) is 5.13 Å². The molecule has 0 saturated carbocycles. The van der Waals surface area contributed by atoms with Crippen LogP contribution in [0.15, 0.2) is 6.20 Å². The number of anilines is 1. The summed E-state index contributed by atoms with van der Waals surface area (Å²) in [7, 11) is 3.44. The highest BCUT2D eigenvalue weighted by Crippen LogP contribution is 2.23. The Morgan fingerprint density at radius 1 is 1.71 bits per heavy atom. The van der Waals surface area contributed by atoms with Gasteiger partial charge in [0.15, 0.2) is 5.13 Å². The Labute approximate surface area is 91.9 Å². The van der Waals surface area contributed by atoms with Crippen LogP contribution >= 0.6 is 22.9 Å². The van der Waals surface area contributed by atoms with Gasteiger partial charge in [-0.1, -0.05) is 22.9 Å². The van der Waals surface area contributed by atoms with Crippen molar-refractivity contribution in [1.82, 2.24) is 9.88 Å². The van der Waals surface area contributed by atoms with Crippen molar-refractivity contribution in [2.45, 2.75) is 13.0 Å². The summed E-state index contributed by atoms with van der Waals surface area (Å²) in [4.78, 5) is 17.0. The fourth-order valence-electron chi connectivity index (χ4n) is 0.955. The van der Waals surface area contributed by atoms with Crippen LogP contribution in [0.2, 0.25) is 4.34 Å². The molecule has 1 atom stereocenters. The molecule has 6 heteroatoms. The van der Waals surface area contributed by atoms with Gasteiger partial charge < -0.3 is 10.2 Å². The number of hydrogen-bond acceptors (Lipinski definition) is 4. The lowest BCUT2D eigenvalue weighted by atomic mass is 10.3. The summed E-state index contributed by atoms with van der Waals surface area (Å²) in [6, 6.07) is -0.285. The molecule has 0 saturated heterocycles. The topological polar surface area (TPSA) is 45.2 Å². The predicted octanol–water partition coefficient (Wildman–Crippen LogP) is 1.69. The maximum atomic E-state index is 11.5. The number of amides is 1. The minimum atomic E-state index is -0.285. The van der Waals surface area contributed by atoms with Crippen molar-refractivity contribution in [3.8, 4) is 0 Å². The monoisotopic (exact) mass is 233 g/mol. The van der Waals surface area contributed by atoms with Crippen LogP contribution in [0.25, 0.3) is 0 Å². The van der Waals surface area contributed by atoms with Crippen molar-refractivity contribution in [2.75, 3.05) is 19.4 Å². The van der Waals surface area contributed by atoms with Gasteiger partial charge in [-0.3, -0.25) is 4.79 Å². The highest BCUT2D eigenvalue weighted by atomic mass is 35.5. The number of nitrogens with one attached hydrogen (secondary N) is 1. The lowest BCUT2D eigenvalue weighted by molar-refractivity contribution is -0.129. The molecular weight excluding hydrogens is 222 g/mol. The lowest BCUT2D eigenvalue weighted by Crippen LogP contribution is -2.36. The number of likely N-dealkylation sites (N-methyl/N-ethyl adjacent to an activating group) is 1. The normalized spacial score (nSPS) is 12.3. The second kappa shape index (κ2) is 4.61. The third-order valence-electron chi connectivity index (χ3n) is 1.63. The fourth-order valence-corrected chi connectivity index (χ4v) is 1.85. The molecule has 1 aromatic heterocycles. The maximum Gasteiger partial charge on any atom is 0.244 e. The number of rotatable bonds is 3. The van der Waals surface area contributed by atoms with Gasteiger partial charge in [0.2, 0.25) is 5.91 Å². The third kappa shape index (κ3) is 2.85. The van der Waals surface area contributed by atoms with Gasteiger partial charge in [-0.25, -0.2) is 4.98 Å². The van der Waals surface area contributed by atoms with Crippen molar-refractivity contribution >= 4 is 34.0 Å². The molecule has 0 spiro atoms. The molecule has 1 heterocycles. The van der Waals surface area contributed by atoms with Gasteiger partial charge in [-0.05, 0) is 6.92 Å². The number of carbonyl (C=O) groups excluding carboxylic acids is 1. The molecule has 0 aliphatic carbocycles. The number of aromatic nitrogens is 1. The van der Waals surface area contributed by atoms with Gasteiger partial charge in [0, 0.05) is 14.1 Å². The van der Waals surface area contributed by atoms with Crippen molar-refractivity contribution in [1.29, 1.82) is 0 Å².